The summed E-state index contributed by atoms with van der Waals surface area (Å²) in [5.74, 6) is -0.438. The van der Waals surface area contributed by atoms with E-state index in [2.05, 4.69) is 10.6 Å². The van der Waals surface area contributed by atoms with E-state index in [-0.39, 0.29) is 5.78 Å². The standard InChI is InChI=1S/C18H18N2O3S/c1-3-23-17(22)15-9-4-5-10-16(15)20-18(24)19-14-8-6-7-13(11-14)12(2)21/h4-11H,3H2,1-2H3,(H2,19,20,24). The zero-order valence-corrected chi connectivity index (χ0v) is 14.3. The fraction of sp³-hybridized carbons (Fsp3) is 0.167. The van der Waals surface area contributed by atoms with Crippen LogP contribution in [-0.2, 0) is 4.74 Å². The molecule has 2 aromatic rings. The van der Waals surface area contributed by atoms with Crippen molar-refractivity contribution < 1.29 is 14.3 Å². The molecule has 0 heterocycles. The minimum atomic E-state index is -0.415. The van der Waals surface area contributed by atoms with Crippen LogP contribution in [-0.4, -0.2) is 23.5 Å². The molecular formula is C18H18N2O3S. The van der Waals surface area contributed by atoms with Gasteiger partial charge in [-0.3, -0.25) is 4.79 Å². The van der Waals surface area contributed by atoms with Crippen LogP contribution in [0, 0.1) is 0 Å². The van der Waals surface area contributed by atoms with Crippen LogP contribution in [0.25, 0.3) is 0 Å². The van der Waals surface area contributed by atoms with Crippen LogP contribution >= 0.6 is 12.2 Å². The molecule has 0 fully saturated rings. The third-order valence-corrected chi connectivity index (χ3v) is 3.40. The summed E-state index contributed by atoms with van der Waals surface area (Å²) in [6.07, 6.45) is 0. The number of para-hydroxylation sites is 1. The molecule has 0 radical (unpaired) electrons. The molecule has 0 bridgehead atoms. The molecule has 0 aliphatic carbocycles. The van der Waals surface area contributed by atoms with E-state index in [9.17, 15) is 9.59 Å². The lowest BCUT2D eigenvalue weighted by Crippen LogP contribution is -2.21. The van der Waals surface area contributed by atoms with E-state index >= 15 is 0 Å². The second-order valence-corrected chi connectivity index (χ2v) is 5.39. The van der Waals surface area contributed by atoms with Crippen molar-refractivity contribution in [3.8, 4) is 0 Å². The first-order valence-electron chi connectivity index (χ1n) is 7.46. The number of carbonyl (C=O) groups is 2. The van der Waals surface area contributed by atoms with Crippen LogP contribution in [0.3, 0.4) is 0 Å². The number of hydrogen-bond donors (Lipinski definition) is 2. The van der Waals surface area contributed by atoms with E-state index < -0.39 is 5.97 Å². The van der Waals surface area contributed by atoms with Gasteiger partial charge in [0, 0.05) is 11.3 Å². The molecule has 2 N–H and O–H groups in total. The van der Waals surface area contributed by atoms with Gasteiger partial charge in [0.25, 0.3) is 0 Å². The molecule has 5 nitrogen and oxygen atoms in total. The Balaban J connectivity index is 2.12. The summed E-state index contributed by atoms with van der Waals surface area (Å²) in [6.45, 7) is 3.56. The zero-order valence-electron chi connectivity index (χ0n) is 13.5. The summed E-state index contributed by atoms with van der Waals surface area (Å²) in [4.78, 5) is 23.4. The first-order valence-corrected chi connectivity index (χ1v) is 7.87. The summed E-state index contributed by atoms with van der Waals surface area (Å²) < 4.78 is 5.03. The number of nitrogens with one attached hydrogen (secondary N) is 2. The molecule has 24 heavy (non-hydrogen) atoms. The fourth-order valence-electron chi connectivity index (χ4n) is 2.08. The molecule has 6 heteroatoms. The molecule has 124 valence electrons. The second-order valence-electron chi connectivity index (χ2n) is 4.98. The summed E-state index contributed by atoms with van der Waals surface area (Å²) in [5.41, 5.74) is 2.24. The Morgan fingerprint density at radius 1 is 1.08 bits per heavy atom. The van der Waals surface area contributed by atoms with Crippen LogP contribution in [0.4, 0.5) is 11.4 Å². The number of carbonyl (C=O) groups excluding carboxylic acids is 2. The van der Waals surface area contributed by atoms with Crippen LogP contribution < -0.4 is 10.6 Å². The predicted octanol–water partition coefficient (Wildman–Crippen LogP) is 3.87. The van der Waals surface area contributed by atoms with E-state index in [0.29, 0.717) is 34.2 Å². The Bertz CT molecular complexity index is 774. The summed E-state index contributed by atoms with van der Waals surface area (Å²) in [5, 5.41) is 6.29. The third-order valence-electron chi connectivity index (χ3n) is 3.20. The number of benzene rings is 2. The maximum atomic E-state index is 12.0. The Morgan fingerprint density at radius 2 is 1.83 bits per heavy atom. The predicted molar refractivity (Wildman–Crippen MR) is 98.7 cm³/mol. The molecule has 0 aromatic heterocycles. The normalized spacial score (nSPS) is 9.92. The SMILES string of the molecule is CCOC(=O)c1ccccc1NC(=S)Nc1cccc(C(C)=O)c1. The van der Waals surface area contributed by atoms with Crippen molar-refractivity contribution in [2.75, 3.05) is 17.2 Å². The van der Waals surface area contributed by atoms with Crippen molar-refractivity contribution in [1.29, 1.82) is 0 Å². The van der Waals surface area contributed by atoms with Crippen molar-refractivity contribution in [3.05, 3.63) is 59.7 Å². The second kappa shape index (κ2) is 8.21. The number of esters is 1. The van der Waals surface area contributed by atoms with Gasteiger partial charge in [-0.05, 0) is 50.3 Å². The minimum Gasteiger partial charge on any atom is -0.462 e. The first-order chi connectivity index (χ1) is 11.5. The summed E-state index contributed by atoms with van der Waals surface area (Å²) in [7, 11) is 0. The lowest BCUT2D eigenvalue weighted by atomic mass is 10.1. The van der Waals surface area contributed by atoms with Gasteiger partial charge < -0.3 is 15.4 Å². The Kier molecular flexibility index (Phi) is 6.03. The number of ketones is 1. The molecule has 2 aromatic carbocycles. The average molecular weight is 342 g/mol. The lowest BCUT2D eigenvalue weighted by molar-refractivity contribution is 0.0527. The van der Waals surface area contributed by atoms with Crippen molar-refractivity contribution in [2.24, 2.45) is 0 Å². The highest BCUT2D eigenvalue weighted by atomic mass is 32.1. The molecule has 0 saturated heterocycles. The third kappa shape index (κ3) is 4.63. The molecule has 2 rings (SSSR count). The average Bonchev–Trinajstić information content (AvgIpc) is 2.55. The van der Waals surface area contributed by atoms with Gasteiger partial charge in [-0.1, -0.05) is 24.3 Å². The van der Waals surface area contributed by atoms with Gasteiger partial charge in [-0.2, -0.15) is 0 Å². The number of thiocarbonyl (C=S) groups is 1. The van der Waals surface area contributed by atoms with Gasteiger partial charge in [-0.15, -0.1) is 0 Å². The Labute approximate surface area is 146 Å². The molecule has 0 amide bonds. The lowest BCUT2D eigenvalue weighted by Gasteiger charge is -2.13. The van der Waals surface area contributed by atoms with Crippen molar-refractivity contribution in [1.82, 2.24) is 0 Å². The van der Waals surface area contributed by atoms with Gasteiger partial charge in [-0.25, -0.2) is 4.79 Å². The van der Waals surface area contributed by atoms with Crippen molar-refractivity contribution >= 4 is 40.5 Å². The summed E-state index contributed by atoms with van der Waals surface area (Å²) >= 11 is 5.28. The van der Waals surface area contributed by atoms with Crippen molar-refractivity contribution in [3.63, 3.8) is 0 Å². The van der Waals surface area contributed by atoms with E-state index in [0.717, 1.165) is 0 Å². The number of anilines is 2. The monoisotopic (exact) mass is 342 g/mol. The smallest absolute Gasteiger partial charge is 0.340 e. The van der Waals surface area contributed by atoms with Gasteiger partial charge in [0.2, 0.25) is 0 Å². The van der Waals surface area contributed by atoms with Crippen LogP contribution in [0.5, 0.6) is 0 Å². The highest BCUT2D eigenvalue weighted by molar-refractivity contribution is 7.80. The van der Waals surface area contributed by atoms with Gasteiger partial charge in [0.05, 0.1) is 17.9 Å². The molecular weight excluding hydrogens is 324 g/mol. The first kappa shape index (κ1) is 17.6. The van der Waals surface area contributed by atoms with Crippen LogP contribution in [0.15, 0.2) is 48.5 Å². The number of ether oxygens (including phenoxy) is 1. The van der Waals surface area contributed by atoms with Crippen LogP contribution in [0.1, 0.15) is 34.6 Å². The quantitative estimate of drug-likeness (QED) is 0.488. The van der Waals surface area contributed by atoms with E-state index in [1.165, 1.54) is 6.92 Å². The van der Waals surface area contributed by atoms with Crippen molar-refractivity contribution in [2.45, 2.75) is 13.8 Å². The number of rotatable bonds is 5. The van der Waals surface area contributed by atoms with E-state index in [1.807, 2.05) is 0 Å². The molecule has 0 saturated carbocycles. The van der Waals surface area contributed by atoms with E-state index in [1.54, 1.807) is 55.5 Å². The highest BCUT2D eigenvalue weighted by Crippen LogP contribution is 2.17. The fourth-order valence-corrected chi connectivity index (χ4v) is 2.31. The number of Topliss-reactive ketones (excluding diaryl/α,β-unsaturated/α-hetero) is 1. The van der Waals surface area contributed by atoms with Gasteiger partial charge in [0.15, 0.2) is 10.9 Å². The molecule has 0 spiro atoms. The zero-order chi connectivity index (χ0) is 17.5. The topological polar surface area (TPSA) is 67.4 Å². The van der Waals surface area contributed by atoms with E-state index in [4.69, 9.17) is 17.0 Å². The molecule has 0 unspecified atom stereocenters. The highest BCUT2D eigenvalue weighted by Gasteiger charge is 2.12. The number of hydrogen-bond acceptors (Lipinski definition) is 4. The molecule has 0 aliphatic rings. The van der Waals surface area contributed by atoms with Gasteiger partial charge in [0.1, 0.15) is 0 Å². The maximum Gasteiger partial charge on any atom is 0.340 e. The summed E-state index contributed by atoms with van der Waals surface area (Å²) in [6, 6.07) is 14.0. The largest absolute Gasteiger partial charge is 0.462 e. The van der Waals surface area contributed by atoms with Crippen LogP contribution in [0.2, 0.25) is 0 Å². The Hall–Kier alpha value is -2.73. The molecule has 0 aliphatic heterocycles. The molecule has 0 atom stereocenters. The van der Waals surface area contributed by atoms with Gasteiger partial charge >= 0.3 is 5.97 Å². The Morgan fingerprint density at radius 3 is 2.54 bits per heavy atom. The minimum absolute atomic E-state index is 0.0230. The maximum absolute atomic E-state index is 12.0.